The molecular formula is C11H23N3O. The van der Waals surface area contributed by atoms with Crippen LogP contribution in [-0.4, -0.2) is 31.8 Å². The maximum absolute atomic E-state index is 5.58. The fraction of sp³-hybridized carbons (Fsp3) is 0.727. The van der Waals surface area contributed by atoms with Gasteiger partial charge in [-0.2, -0.15) is 0 Å². The lowest BCUT2D eigenvalue weighted by Gasteiger charge is -2.06. The number of ether oxygens (including phenoxy) is 1. The summed E-state index contributed by atoms with van der Waals surface area (Å²) in [6.07, 6.45) is 4.09. The van der Waals surface area contributed by atoms with E-state index in [2.05, 4.69) is 16.9 Å². The molecule has 88 valence electrons. The van der Waals surface area contributed by atoms with Crippen molar-refractivity contribution in [3.05, 3.63) is 12.7 Å². The van der Waals surface area contributed by atoms with Crippen molar-refractivity contribution in [2.75, 3.05) is 19.7 Å². The zero-order chi connectivity index (χ0) is 11.5. The van der Waals surface area contributed by atoms with Crippen LogP contribution in [0.3, 0.4) is 0 Å². The van der Waals surface area contributed by atoms with Gasteiger partial charge in [0.1, 0.15) is 0 Å². The Bertz CT molecular complexity index is 190. The van der Waals surface area contributed by atoms with Crippen LogP contribution in [0.1, 0.15) is 26.7 Å². The van der Waals surface area contributed by atoms with E-state index in [1.54, 1.807) is 6.08 Å². The largest absolute Gasteiger partial charge is 0.379 e. The van der Waals surface area contributed by atoms with Gasteiger partial charge in [0.05, 0.1) is 6.10 Å². The minimum absolute atomic E-state index is 0.313. The molecule has 0 saturated carbocycles. The summed E-state index contributed by atoms with van der Waals surface area (Å²) in [7, 11) is 0. The van der Waals surface area contributed by atoms with Crippen molar-refractivity contribution in [2.24, 2.45) is 10.7 Å². The maximum atomic E-state index is 5.58. The van der Waals surface area contributed by atoms with Crippen molar-refractivity contribution in [2.45, 2.75) is 32.8 Å². The summed E-state index contributed by atoms with van der Waals surface area (Å²) in [4.78, 5) is 4.16. The monoisotopic (exact) mass is 213 g/mol. The number of rotatable bonds is 8. The van der Waals surface area contributed by atoms with E-state index in [0.717, 1.165) is 26.0 Å². The number of aliphatic imine (C=N–C) groups is 1. The third-order valence-corrected chi connectivity index (χ3v) is 1.71. The molecule has 0 unspecified atom stereocenters. The Kier molecular flexibility index (Phi) is 8.87. The van der Waals surface area contributed by atoms with Crippen LogP contribution in [0, 0.1) is 0 Å². The molecule has 0 heterocycles. The average Bonchev–Trinajstić information content (AvgIpc) is 2.19. The molecule has 0 aliphatic carbocycles. The first-order valence-electron chi connectivity index (χ1n) is 5.43. The third kappa shape index (κ3) is 10.9. The van der Waals surface area contributed by atoms with Gasteiger partial charge < -0.3 is 15.8 Å². The van der Waals surface area contributed by atoms with Crippen molar-refractivity contribution >= 4 is 5.96 Å². The predicted molar refractivity (Wildman–Crippen MR) is 65.0 cm³/mol. The van der Waals surface area contributed by atoms with Crippen LogP contribution in [0.2, 0.25) is 0 Å². The van der Waals surface area contributed by atoms with Crippen molar-refractivity contribution < 1.29 is 4.74 Å². The van der Waals surface area contributed by atoms with E-state index in [1.807, 2.05) is 13.8 Å². The second-order valence-electron chi connectivity index (χ2n) is 3.56. The number of nitrogens with two attached hydrogens (primary N) is 1. The minimum atomic E-state index is 0.313. The normalized spacial score (nSPS) is 11.8. The van der Waals surface area contributed by atoms with E-state index >= 15 is 0 Å². The van der Waals surface area contributed by atoms with Gasteiger partial charge in [0.15, 0.2) is 5.96 Å². The first-order valence-corrected chi connectivity index (χ1v) is 5.43. The fourth-order valence-electron chi connectivity index (χ4n) is 0.965. The van der Waals surface area contributed by atoms with Gasteiger partial charge in [-0.05, 0) is 26.7 Å². The van der Waals surface area contributed by atoms with Crippen LogP contribution in [0.5, 0.6) is 0 Å². The Morgan fingerprint density at radius 3 is 2.87 bits per heavy atom. The Balaban J connectivity index is 3.31. The smallest absolute Gasteiger partial charge is 0.188 e. The second-order valence-corrected chi connectivity index (χ2v) is 3.56. The van der Waals surface area contributed by atoms with Gasteiger partial charge in [-0.25, -0.2) is 0 Å². The van der Waals surface area contributed by atoms with Crippen molar-refractivity contribution in [1.29, 1.82) is 0 Å². The summed E-state index contributed by atoms with van der Waals surface area (Å²) < 4.78 is 5.41. The van der Waals surface area contributed by atoms with Gasteiger partial charge in [-0.1, -0.05) is 6.08 Å². The minimum Gasteiger partial charge on any atom is -0.379 e. The molecule has 0 amide bonds. The molecule has 0 saturated heterocycles. The van der Waals surface area contributed by atoms with Crippen LogP contribution in [0.4, 0.5) is 0 Å². The van der Waals surface area contributed by atoms with E-state index in [4.69, 9.17) is 10.5 Å². The summed E-state index contributed by atoms with van der Waals surface area (Å²) in [6, 6.07) is 0. The number of nitrogens with zero attached hydrogens (tertiary/aromatic N) is 1. The van der Waals surface area contributed by atoms with Gasteiger partial charge in [0, 0.05) is 19.7 Å². The highest BCUT2D eigenvalue weighted by molar-refractivity contribution is 5.77. The number of unbranched alkanes of at least 4 members (excludes halogenated alkanes) is 1. The van der Waals surface area contributed by atoms with Crippen LogP contribution < -0.4 is 11.1 Å². The molecule has 0 atom stereocenters. The Morgan fingerprint density at radius 1 is 1.53 bits per heavy atom. The van der Waals surface area contributed by atoms with E-state index in [1.165, 1.54) is 0 Å². The van der Waals surface area contributed by atoms with E-state index in [9.17, 15) is 0 Å². The van der Waals surface area contributed by atoms with Crippen LogP contribution in [0.25, 0.3) is 0 Å². The highest BCUT2D eigenvalue weighted by Gasteiger charge is 1.93. The van der Waals surface area contributed by atoms with Gasteiger partial charge in [-0.15, -0.1) is 6.58 Å². The van der Waals surface area contributed by atoms with Crippen molar-refractivity contribution in [3.8, 4) is 0 Å². The molecule has 0 fully saturated rings. The summed E-state index contributed by atoms with van der Waals surface area (Å²) >= 11 is 0. The first kappa shape index (κ1) is 14.0. The van der Waals surface area contributed by atoms with E-state index < -0.39 is 0 Å². The van der Waals surface area contributed by atoms with E-state index in [0.29, 0.717) is 18.6 Å². The topological polar surface area (TPSA) is 59.6 Å². The lowest BCUT2D eigenvalue weighted by molar-refractivity contribution is 0.0764. The van der Waals surface area contributed by atoms with Gasteiger partial charge in [-0.3, -0.25) is 4.99 Å². The molecule has 0 rings (SSSR count). The predicted octanol–water partition coefficient (Wildman–Crippen LogP) is 1.28. The second kappa shape index (κ2) is 9.52. The molecule has 0 aromatic heterocycles. The van der Waals surface area contributed by atoms with Crippen LogP contribution >= 0.6 is 0 Å². The fourth-order valence-corrected chi connectivity index (χ4v) is 0.965. The van der Waals surface area contributed by atoms with Crippen molar-refractivity contribution in [3.63, 3.8) is 0 Å². The zero-order valence-corrected chi connectivity index (χ0v) is 9.83. The molecular weight excluding hydrogens is 190 g/mol. The molecule has 0 aliphatic rings. The lowest BCUT2D eigenvalue weighted by Crippen LogP contribution is -2.31. The van der Waals surface area contributed by atoms with E-state index in [-0.39, 0.29) is 0 Å². The number of hydrogen-bond acceptors (Lipinski definition) is 2. The molecule has 4 heteroatoms. The summed E-state index contributed by atoms with van der Waals surface area (Å²) in [6.45, 7) is 9.86. The molecule has 0 aliphatic heterocycles. The Labute approximate surface area is 92.6 Å². The zero-order valence-electron chi connectivity index (χ0n) is 9.83. The highest BCUT2D eigenvalue weighted by Crippen LogP contribution is 1.94. The first-order chi connectivity index (χ1) is 7.16. The lowest BCUT2D eigenvalue weighted by atomic mass is 10.3. The summed E-state index contributed by atoms with van der Waals surface area (Å²) in [5, 5.41) is 2.92. The standard InChI is InChI=1S/C11H23N3O/c1-4-7-13-11(12)14-8-5-6-9-15-10(2)3/h4,10H,1,5-9H2,2-3H3,(H3,12,13,14). The number of hydrogen-bond donors (Lipinski definition) is 2. The van der Waals surface area contributed by atoms with Crippen molar-refractivity contribution in [1.82, 2.24) is 5.32 Å². The van der Waals surface area contributed by atoms with Gasteiger partial charge >= 0.3 is 0 Å². The molecule has 3 N–H and O–H groups in total. The third-order valence-electron chi connectivity index (χ3n) is 1.71. The van der Waals surface area contributed by atoms with Gasteiger partial charge in [0.25, 0.3) is 0 Å². The summed E-state index contributed by atoms with van der Waals surface area (Å²) in [5.74, 6) is 0.486. The molecule has 0 aromatic carbocycles. The SMILES string of the molecule is C=CCNC(N)=NCCCCOC(C)C. The Morgan fingerprint density at radius 2 is 2.27 bits per heavy atom. The Hall–Kier alpha value is -1.03. The molecule has 15 heavy (non-hydrogen) atoms. The van der Waals surface area contributed by atoms with Crippen LogP contribution in [-0.2, 0) is 4.74 Å². The molecule has 0 spiro atoms. The number of nitrogens with one attached hydrogen (secondary N) is 1. The average molecular weight is 213 g/mol. The summed E-state index contributed by atoms with van der Waals surface area (Å²) in [5.41, 5.74) is 5.58. The molecule has 0 bridgehead atoms. The molecule has 0 radical (unpaired) electrons. The highest BCUT2D eigenvalue weighted by atomic mass is 16.5. The van der Waals surface area contributed by atoms with Crippen LogP contribution in [0.15, 0.2) is 17.6 Å². The van der Waals surface area contributed by atoms with Gasteiger partial charge in [0.2, 0.25) is 0 Å². The molecule has 4 nitrogen and oxygen atoms in total. The maximum Gasteiger partial charge on any atom is 0.188 e. The quantitative estimate of drug-likeness (QED) is 0.276. The molecule has 0 aromatic rings. The number of guanidine groups is 1.